The molecule has 2 aliphatic heterocycles. The van der Waals surface area contributed by atoms with Crippen molar-refractivity contribution in [2.75, 3.05) is 13.2 Å². The Bertz CT molecular complexity index is 1260. The largest absolute Gasteiger partial charge is 0.493 e. The summed E-state index contributed by atoms with van der Waals surface area (Å²) in [4.78, 5) is 12.8. The SMILES string of the molecule is CCC(C)C(=O)Oc1c2ccc(OCC3CCC4OC34)cc2cc2cc(OCC3CCC4OC34)ccc12. The lowest BCUT2D eigenvalue weighted by molar-refractivity contribution is -0.138. The van der Waals surface area contributed by atoms with E-state index in [2.05, 4.69) is 6.07 Å². The van der Waals surface area contributed by atoms with E-state index in [1.54, 1.807) is 0 Å². The lowest BCUT2D eigenvalue weighted by Gasteiger charge is -2.17. The molecule has 37 heavy (non-hydrogen) atoms. The fourth-order valence-corrected chi connectivity index (χ4v) is 6.16. The predicted octanol–water partition coefficient (Wildman–Crippen LogP) is 6.06. The van der Waals surface area contributed by atoms with Gasteiger partial charge >= 0.3 is 5.97 Å². The third-order valence-electron chi connectivity index (χ3n) is 8.81. The van der Waals surface area contributed by atoms with Crippen molar-refractivity contribution in [3.05, 3.63) is 42.5 Å². The number of benzene rings is 3. The average molecular weight is 503 g/mol. The molecule has 3 aromatic carbocycles. The van der Waals surface area contributed by atoms with E-state index in [1.807, 2.05) is 50.2 Å². The quantitative estimate of drug-likeness (QED) is 0.153. The molecular formula is C31H34O6. The van der Waals surface area contributed by atoms with Crippen LogP contribution in [0.25, 0.3) is 21.5 Å². The molecule has 0 bridgehead atoms. The highest BCUT2D eigenvalue weighted by molar-refractivity contribution is 6.07. The van der Waals surface area contributed by atoms with E-state index < -0.39 is 0 Å². The first kappa shape index (κ1) is 23.3. The van der Waals surface area contributed by atoms with Gasteiger partial charge in [-0.1, -0.05) is 13.8 Å². The molecule has 2 heterocycles. The van der Waals surface area contributed by atoms with E-state index in [0.29, 0.717) is 55.2 Å². The number of carbonyl (C=O) groups is 1. The van der Waals surface area contributed by atoms with Crippen LogP contribution in [0.1, 0.15) is 46.0 Å². The summed E-state index contributed by atoms with van der Waals surface area (Å²) < 4.78 is 29.8. The summed E-state index contributed by atoms with van der Waals surface area (Å²) in [6.07, 6.45) is 7.05. The van der Waals surface area contributed by atoms with Crippen LogP contribution in [0.4, 0.5) is 0 Å². The third kappa shape index (κ3) is 4.44. The summed E-state index contributed by atoms with van der Waals surface area (Å²) in [5.74, 6) is 2.81. The van der Waals surface area contributed by atoms with Crippen molar-refractivity contribution in [2.24, 2.45) is 17.8 Å². The third-order valence-corrected chi connectivity index (χ3v) is 8.81. The van der Waals surface area contributed by atoms with Crippen LogP contribution in [-0.4, -0.2) is 43.6 Å². The van der Waals surface area contributed by atoms with Gasteiger partial charge in [0.25, 0.3) is 0 Å². The molecule has 2 saturated carbocycles. The molecule has 0 amide bonds. The molecule has 2 aliphatic carbocycles. The molecule has 6 heteroatoms. The van der Waals surface area contributed by atoms with Gasteiger partial charge in [-0.15, -0.1) is 0 Å². The molecule has 194 valence electrons. The number of esters is 1. The van der Waals surface area contributed by atoms with Crippen molar-refractivity contribution < 1.29 is 28.5 Å². The summed E-state index contributed by atoms with van der Waals surface area (Å²) in [5.41, 5.74) is 0. The molecule has 4 aliphatic rings. The monoisotopic (exact) mass is 502 g/mol. The summed E-state index contributed by atoms with van der Waals surface area (Å²) in [5, 5.41) is 3.76. The van der Waals surface area contributed by atoms with Gasteiger partial charge in [0.1, 0.15) is 17.2 Å². The maximum atomic E-state index is 12.8. The number of epoxide rings is 2. The van der Waals surface area contributed by atoms with Crippen molar-refractivity contribution in [2.45, 2.75) is 70.4 Å². The predicted molar refractivity (Wildman–Crippen MR) is 140 cm³/mol. The van der Waals surface area contributed by atoms with Crippen LogP contribution in [-0.2, 0) is 14.3 Å². The van der Waals surface area contributed by atoms with E-state index in [-0.39, 0.29) is 11.9 Å². The number of ether oxygens (including phenoxy) is 5. The fourth-order valence-electron chi connectivity index (χ4n) is 6.16. The van der Waals surface area contributed by atoms with E-state index in [1.165, 1.54) is 12.8 Å². The van der Waals surface area contributed by atoms with Crippen LogP contribution in [0.3, 0.4) is 0 Å². The first-order valence-corrected chi connectivity index (χ1v) is 13.9. The molecule has 3 aromatic rings. The van der Waals surface area contributed by atoms with Gasteiger partial charge < -0.3 is 23.7 Å². The molecule has 2 saturated heterocycles. The van der Waals surface area contributed by atoms with Gasteiger partial charge in [0.05, 0.1) is 43.5 Å². The molecule has 6 nitrogen and oxygen atoms in total. The average Bonchev–Trinajstić information content (AvgIpc) is 3.81. The summed E-state index contributed by atoms with van der Waals surface area (Å²) >= 11 is 0. The summed E-state index contributed by atoms with van der Waals surface area (Å²) in [6.45, 7) is 5.24. The van der Waals surface area contributed by atoms with Gasteiger partial charge in [-0.25, -0.2) is 0 Å². The van der Waals surface area contributed by atoms with Crippen LogP contribution in [0.15, 0.2) is 42.5 Å². The summed E-state index contributed by atoms with van der Waals surface area (Å²) in [6, 6.07) is 14.2. The number of fused-ring (bicyclic) bond motifs is 4. The minimum atomic E-state index is -0.211. The number of carbonyl (C=O) groups excluding carboxylic acids is 1. The van der Waals surface area contributed by atoms with E-state index in [0.717, 1.165) is 52.3 Å². The first-order chi connectivity index (χ1) is 18.1. The fraction of sp³-hybridized carbons (Fsp3) is 0.516. The van der Waals surface area contributed by atoms with Gasteiger partial charge in [-0.3, -0.25) is 4.79 Å². The van der Waals surface area contributed by atoms with Crippen molar-refractivity contribution in [1.29, 1.82) is 0 Å². The molecule has 0 N–H and O–H groups in total. The summed E-state index contributed by atoms with van der Waals surface area (Å²) in [7, 11) is 0. The lowest BCUT2D eigenvalue weighted by Crippen LogP contribution is -2.17. The Labute approximate surface area is 217 Å². The van der Waals surface area contributed by atoms with Gasteiger partial charge in [0.2, 0.25) is 0 Å². The van der Waals surface area contributed by atoms with Gasteiger partial charge in [0.15, 0.2) is 0 Å². The Morgan fingerprint density at radius 1 is 0.838 bits per heavy atom. The van der Waals surface area contributed by atoms with Gasteiger partial charge in [0, 0.05) is 22.6 Å². The van der Waals surface area contributed by atoms with Crippen LogP contribution >= 0.6 is 0 Å². The molecule has 7 rings (SSSR count). The second-order valence-electron chi connectivity index (χ2n) is 11.3. The van der Waals surface area contributed by atoms with Crippen molar-refractivity contribution in [3.8, 4) is 17.2 Å². The van der Waals surface area contributed by atoms with Crippen molar-refractivity contribution in [3.63, 3.8) is 0 Å². The van der Waals surface area contributed by atoms with Crippen LogP contribution < -0.4 is 14.2 Å². The van der Waals surface area contributed by atoms with Gasteiger partial charge in [-0.05, 0) is 85.3 Å². The highest BCUT2D eigenvalue weighted by Crippen LogP contribution is 2.44. The van der Waals surface area contributed by atoms with E-state index in [9.17, 15) is 4.79 Å². The number of rotatable bonds is 9. The standard InChI is InChI=1S/C31H34O6/c1-3-17(2)31(32)37-30-24-8-6-22(33-15-18-4-10-26-28(18)35-26)13-20(24)12-21-14-23(7-9-25(21)30)34-16-19-5-11-27-29(19)36-27/h6-9,12-14,17-19,26-29H,3-5,10-11,15-16H2,1-2H3. The Balaban J connectivity index is 1.19. The Morgan fingerprint density at radius 3 is 1.81 bits per heavy atom. The van der Waals surface area contributed by atoms with Crippen LogP contribution in [0.2, 0.25) is 0 Å². The Morgan fingerprint density at radius 2 is 1.38 bits per heavy atom. The first-order valence-electron chi connectivity index (χ1n) is 13.9. The van der Waals surface area contributed by atoms with Crippen molar-refractivity contribution >= 4 is 27.5 Å². The Hall–Kier alpha value is -2.83. The zero-order valence-corrected chi connectivity index (χ0v) is 21.5. The molecule has 7 atom stereocenters. The zero-order chi connectivity index (χ0) is 25.1. The van der Waals surface area contributed by atoms with Crippen molar-refractivity contribution in [1.82, 2.24) is 0 Å². The minimum Gasteiger partial charge on any atom is -0.493 e. The second-order valence-corrected chi connectivity index (χ2v) is 11.3. The van der Waals surface area contributed by atoms with Gasteiger partial charge in [-0.2, -0.15) is 0 Å². The molecule has 0 spiro atoms. The molecular weight excluding hydrogens is 468 g/mol. The second kappa shape index (κ2) is 9.17. The maximum absolute atomic E-state index is 12.8. The topological polar surface area (TPSA) is 69.8 Å². The Kier molecular flexibility index (Phi) is 5.78. The molecule has 4 fully saturated rings. The number of hydrogen-bond acceptors (Lipinski definition) is 6. The molecule has 0 aromatic heterocycles. The maximum Gasteiger partial charge on any atom is 0.314 e. The van der Waals surface area contributed by atoms with E-state index >= 15 is 0 Å². The molecule has 0 radical (unpaired) electrons. The molecule has 7 unspecified atom stereocenters. The normalized spacial score (nSPS) is 30.1. The minimum absolute atomic E-state index is 0.171. The lowest BCUT2D eigenvalue weighted by atomic mass is 10.0. The van der Waals surface area contributed by atoms with Crippen LogP contribution in [0, 0.1) is 17.8 Å². The number of hydrogen-bond donors (Lipinski definition) is 0. The highest BCUT2D eigenvalue weighted by atomic mass is 16.6. The smallest absolute Gasteiger partial charge is 0.314 e. The highest BCUT2D eigenvalue weighted by Gasteiger charge is 2.51. The van der Waals surface area contributed by atoms with E-state index in [4.69, 9.17) is 23.7 Å². The van der Waals surface area contributed by atoms with Crippen LogP contribution in [0.5, 0.6) is 17.2 Å². The zero-order valence-electron chi connectivity index (χ0n) is 21.5.